The molecule has 0 bridgehead atoms. The van der Waals surface area contributed by atoms with Gasteiger partial charge in [-0.25, -0.2) is 4.79 Å². The second-order valence-electron chi connectivity index (χ2n) is 7.31. The predicted molar refractivity (Wildman–Crippen MR) is 110 cm³/mol. The zero-order chi connectivity index (χ0) is 20.5. The molecule has 0 spiro atoms. The van der Waals surface area contributed by atoms with E-state index in [1.807, 2.05) is 30.3 Å². The molecule has 0 N–H and O–H groups in total. The van der Waals surface area contributed by atoms with Gasteiger partial charge in [-0.3, -0.25) is 13.9 Å². The molecule has 0 amide bonds. The maximum absolute atomic E-state index is 13.3. The SMILES string of the molecule is O=c1c2ccccc2n(Cc2nc(-c3ccccc3)no2)c(=O)n1C[C@@H]1CCCO1. The quantitative estimate of drug-likeness (QED) is 0.507. The normalized spacial score (nSPS) is 16.3. The van der Waals surface area contributed by atoms with Gasteiger partial charge in [0, 0.05) is 12.2 Å². The Morgan fingerprint density at radius 2 is 1.80 bits per heavy atom. The Morgan fingerprint density at radius 3 is 2.60 bits per heavy atom. The van der Waals surface area contributed by atoms with Crippen molar-refractivity contribution in [2.45, 2.75) is 32.0 Å². The van der Waals surface area contributed by atoms with Crippen LogP contribution in [-0.4, -0.2) is 32.0 Å². The van der Waals surface area contributed by atoms with Crippen LogP contribution in [0.15, 0.2) is 68.7 Å². The van der Waals surface area contributed by atoms with Crippen molar-refractivity contribution in [2.24, 2.45) is 0 Å². The molecule has 152 valence electrons. The summed E-state index contributed by atoms with van der Waals surface area (Å²) in [5, 5.41) is 4.50. The maximum atomic E-state index is 13.3. The highest BCUT2D eigenvalue weighted by Crippen LogP contribution is 2.17. The molecule has 2 aromatic heterocycles. The average Bonchev–Trinajstić information content (AvgIpc) is 3.47. The number of ether oxygens (including phenoxy) is 1. The van der Waals surface area contributed by atoms with Crippen molar-refractivity contribution in [1.29, 1.82) is 0 Å². The number of fused-ring (bicyclic) bond motifs is 1. The number of rotatable bonds is 5. The minimum Gasteiger partial charge on any atom is -0.376 e. The highest BCUT2D eigenvalue weighted by Gasteiger charge is 2.21. The fourth-order valence-electron chi connectivity index (χ4n) is 3.84. The van der Waals surface area contributed by atoms with E-state index in [9.17, 15) is 9.59 Å². The van der Waals surface area contributed by atoms with E-state index in [4.69, 9.17) is 9.26 Å². The first-order valence-corrected chi connectivity index (χ1v) is 9.93. The van der Waals surface area contributed by atoms with Crippen molar-refractivity contribution in [2.75, 3.05) is 6.61 Å². The molecule has 0 aliphatic carbocycles. The molecule has 0 unspecified atom stereocenters. The van der Waals surface area contributed by atoms with Crippen molar-refractivity contribution < 1.29 is 9.26 Å². The molecule has 1 aliphatic rings. The number of aromatic nitrogens is 4. The summed E-state index contributed by atoms with van der Waals surface area (Å²) in [6.07, 6.45) is 1.65. The van der Waals surface area contributed by atoms with Crippen molar-refractivity contribution in [1.82, 2.24) is 19.3 Å². The topological polar surface area (TPSA) is 92.2 Å². The van der Waals surface area contributed by atoms with Crippen LogP contribution in [0.5, 0.6) is 0 Å². The van der Waals surface area contributed by atoms with Crippen LogP contribution in [0.4, 0.5) is 0 Å². The molecule has 0 radical (unpaired) electrons. The first-order chi connectivity index (χ1) is 14.7. The lowest BCUT2D eigenvalue weighted by molar-refractivity contribution is 0.0948. The van der Waals surface area contributed by atoms with E-state index in [2.05, 4.69) is 10.1 Å². The molecule has 2 aromatic carbocycles. The van der Waals surface area contributed by atoms with Crippen LogP contribution >= 0.6 is 0 Å². The summed E-state index contributed by atoms with van der Waals surface area (Å²) in [5.74, 6) is 0.749. The largest absolute Gasteiger partial charge is 0.376 e. The van der Waals surface area contributed by atoms with Crippen molar-refractivity contribution in [3.05, 3.63) is 81.3 Å². The Balaban J connectivity index is 1.57. The van der Waals surface area contributed by atoms with Crippen molar-refractivity contribution in [3.8, 4) is 11.4 Å². The molecule has 1 atom stereocenters. The molecule has 4 aromatic rings. The number of para-hydroxylation sites is 1. The van der Waals surface area contributed by atoms with Gasteiger partial charge in [-0.15, -0.1) is 0 Å². The Bertz CT molecular complexity index is 1300. The summed E-state index contributed by atoms with van der Waals surface area (Å²) in [4.78, 5) is 30.7. The zero-order valence-corrected chi connectivity index (χ0v) is 16.2. The zero-order valence-electron chi connectivity index (χ0n) is 16.2. The van der Waals surface area contributed by atoms with Gasteiger partial charge >= 0.3 is 5.69 Å². The van der Waals surface area contributed by atoms with Gasteiger partial charge in [-0.2, -0.15) is 4.98 Å². The molecule has 8 heteroatoms. The molecule has 1 aliphatic heterocycles. The molecule has 8 nitrogen and oxygen atoms in total. The molecule has 3 heterocycles. The van der Waals surface area contributed by atoms with Gasteiger partial charge in [0.05, 0.1) is 23.6 Å². The van der Waals surface area contributed by atoms with Crippen LogP contribution in [0.3, 0.4) is 0 Å². The lowest BCUT2D eigenvalue weighted by Crippen LogP contribution is -2.42. The Morgan fingerprint density at radius 1 is 1.00 bits per heavy atom. The van der Waals surface area contributed by atoms with Gasteiger partial charge < -0.3 is 9.26 Å². The first-order valence-electron chi connectivity index (χ1n) is 9.93. The van der Waals surface area contributed by atoms with Crippen LogP contribution in [-0.2, 0) is 17.8 Å². The summed E-state index contributed by atoms with van der Waals surface area (Å²) in [6.45, 7) is 0.970. The Hall–Kier alpha value is -3.52. The molecule has 0 saturated carbocycles. The van der Waals surface area contributed by atoms with E-state index in [0.29, 0.717) is 29.2 Å². The predicted octanol–water partition coefficient (Wildman–Crippen LogP) is 2.44. The van der Waals surface area contributed by atoms with Crippen LogP contribution in [0.2, 0.25) is 0 Å². The lowest BCUT2D eigenvalue weighted by atomic mass is 10.2. The van der Waals surface area contributed by atoms with E-state index in [0.717, 1.165) is 18.4 Å². The van der Waals surface area contributed by atoms with Crippen molar-refractivity contribution in [3.63, 3.8) is 0 Å². The highest BCUT2D eigenvalue weighted by molar-refractivity contribution is 5.77. The van der Waals surface area contributed by atoms with Gasteiger partial charge in [0.1, 0.15) is 6.54 Å². The maximum Gasteiger partial charge on any atom is 0.332 e. The fourth-order valence-corrected chi connectivity index (χ4v) is 3.84. The summed E-state index contributed by atoms with van der Waals surface area (Å²) in [7, 11) is 0. The Labute approximate surface area is 171 Å². The second kappa shape index (κ2) is 7.72. The third kappa shape index (κ3) is 3.35. The molecular weight excluding hydrogens is 384 g/mol. The van der Waals surface area contributed by atoms with E-state index in [1.165, 1.54) is 9.13 Å². The van der Waals surface area contributed by atoms with E-state index < -0.39 is 5.69 Å². The number of hydrogen-bond donors (Lipinski definition) is 0. The van der Waals surface area contributed by atoms with E-state index in [-0.39, 0.29) is 24.8 Å². The smallest absolute Gasteiger partial charge is 0.332 e. The van der Waals surface area contributed by atoms with E-state index in [1.54, 1.807) is 24.3 Å². The highest BCUT2D eigenvalue weighted by atomic mass is 16.5. The third-order valence-electron chi connectivity index (χ3n) is 5.34. The van der Waals surface area contributed by atoms with Gasteiger partial charge in [0.2, 0.25) is 11.7 Å². The first kappa shape index (κ1) is 18.5. The van der Waals surface area contributed by atoms with Crippen LogP contribution in [0.25, 0.3) is 22.3 Å². The van der Waals surface area contributed by atoms with Crippen LogP contribution < -0.4 is 11.2 Å². The van der Waals surface area contributed by atoms with Crippen molar-refractivity contribution >= 4 is 10.9 Å². The standard InChI is InChI=1S/C22H20N4O4/c27-21-17-10-4-5-11-18(17)25(22(28)26(21)13-16-9-6-12-29-16)14-19-23-20(24-30-19)15-7-2-1-3-8-15/h1-5,7-8,10-11,16H,6,9,12-14H2/t16-/m0/s1. The molecular formula is C22H20N4O4. The summed E-state index contributed by atoms with van der Waals surface area (Å²) in [5.41, 5.74) is 0.648. The minimum absolute atomic E-state index is 0.0744. The number of nitrogens with zero attached hydrogens (tertiary/aromatic N) is 4. The Kier molecular flexibility index (Phi) is 4.76. The summed E-state index contributed by atoms with van der Waals surface area (Å²) < 4.78 is 13.8. The third-order valence-corrected chi connectivity index (χ3v) is 5.34. The van der Waals surface area contributed by atoms with Gasteiger partial charge in [0.25, 0.3) is 5.56 Å². The minimum atomic E-state index is -0.409. The van der Waals surface area contributed by atoms with Gasteiger partial charge in [0.15, 0.2) is 0 Å². The lowest BCUT2D eigenvalue weighted by Gasteiger charge is -2.15. The van der Waals surface area contributed by atoms with Gasteiger partial charge in [-0.1, -0.05) is 47.6 Å². The molecule has 1 saturated heterocycles. The monoisotopic (exact) mass is 404 g/mol. The summed E-state index contributed by atoms with van der Waals surface area (Å²) >= 11 is 0. The molecule has 30 heavy (non-hydrogen) atoms. The fraction of sp³-hybridized carbons (Fsp3) is 0.273. The van der Waals surface area contributed by atoms with Crippen LogP contribution in [0, 0.1) is 0 Å². The van der Waals surface area contributed by atoms with Gasteiger partial charge in [-0.05, 0) is 25.0 Å². The second-order valence-corrected chi connectivity index (χ2v) is 7.31. The summed E-state index contributed by atoms with van der Waals surface area (Å²) in [6, 6.07) is 16.5. The van der Waals surface area contributed by atoms with Crippen LogP contribution in [0.1, 0.15) is 18.7 Å². The number of hydrogen-bond acceptors (Lipinski definition) is 6. The van der Waals surface area contributed by atoms with E-state index >= 15 is 0 Å². The average molecular weight is 404 g/mol. The molecule has 1 fully saturated rings. The molecule has 5 rings (SSSR count). The number of benzene rings is 2.